The zero-order valence-electron chi connectivity index (χ0n) is 6.83. The summed E-state index contributed by atoms with van der Waals surface area (Å²) in [6.07, 6.45) is 4.01. The molecule has 0 spiro atoms. The molecule has 13 heavy (non-hydrogen) atoms. The van der Waals surface area contributed by atoms with E-state index in [4.69, 9.17) is 11.1 Å². The normalized spacial score (nSPS) is 15.5. The minimum absolute atomic E-state index is 0.0985. The van der Waals surface area contributed by atoms with Gasteiger partial charge in [0, 0.05) is 0 Å². The van der Waals surface area contributed by atoms with Crippen molar-refractivity contribution in [3.63, 3.8) is 0 Å². The van der Waals surface area contributed by atoms with Crippen molar-refractivity contribution < 1.29 is 9.59 Å². The number of rotatable bonds is 3. The Morgan fingerprint density at radius 3 is 2.85 bits per heavy atom. The topological polar surface area (TPSA) is 96.0 Å². The molecule has 1 rings (SSSR count). The number of carbonyl (C=O) groups is 2. The second kappa shape index (κ2) is 3.66. The molecule has 0 aromatic carbocycles. The lowest BCUT2D eigenvalue weighted by Gasteiger charge is -2.08. The standard InChI is InChI=1S/C8H9N3O2/c9-5-1-2-7(12)6(3-5)11-4-8(10)13/h1-3,9,11H,4H2,(H2,10,13). The predicted molar refractivity (Wildman–Crippen MR) is 47.2 cm³/mol. The van der Waals surface area contributed by atoms with E-state index in [1.54, 1.807) is 0 Å². The van der Waals surface area contributed by atoms with Gasteiger partial charge < -0.3 is 16.5 Å². The SMILES string of the molecule is N=C1C=CC(=O)C(NCC(N)=O)=C1. The van der Waals surface area contributed by atoms with E-state index in [0.29, 0.717) is 0 Å². The first-order chi connectivity index (χ1) is 6.09. The molecule has 4 N–H and O–H groups in total. The molecule has 68 valence electrons. The van der Waals surface area contributed by atoms with Gasteiger partial charge in [0.25, 0.3) is 0 Å². The molecular formula is C8H9N3O2. The van der Waals surface area contributed by atoms with E-state index in [1.165, 1.54) is 18.2 Å². The Kier molecular flexibility index (Phi) is 2.59. The summed E-state index contributed by atoms with van der Waals surface area (Å²) in [6, 6.07) is 0. The zero-order chi connectivity index (χ0) is 9.84. The summed E-state index contributed by atoms with van der Waals surface area (Å²) in [6.45, 7) is -0.0985. The number of allylic oxidation sites excluding steroid dienone is 3. The zero-order valence-corrected chi connectivity index (χ0v) is 6.83. The van der Waals surface area contributed by atoms with Crippen molar-refractivity contribution in [3.05, 3.63) is 23.9 Å². The fraction of sp³-hybridized carbons (Fsp3) is 0.125. The number of primary amides is 1. The summed E-state index contributed by atoms with van der Waals surface area (Å²) in [4.78, 5) is 21.5. The lowest BCUT2D eigenvalue weighted by atomic mass is 10.1. The van der Waals surface area contributed by atoms with Gasteiger partial charge in [0.1, 0.15) is 0 Å². The second-order valence-corrected chi connectivity index (χ2v) is 2.53. The molecule has 5 nitrogen and oxygen atoms in total. The van der Waals surface area contributed by atoms with Gasteiger partial charge >= 0.3 is 0 Å². The van der Waals surface area contributed by atoms with Gasteiger partial charge in [0.05, 0.1) is 18.0 Å². The minimum Gasteiger partial charge on any atom is -0.373 e. The average molecular weight is 179 g/mol. The third-order valence-electron chi connectivity index (χ3n) is 1.43. The van der Waals surface area contributed by atoms with Gasteiger partial charge in [0.2, 0.25) is 11.7 Å². The highest BCUT2D eigenvalue weighted by molar-refractivity contribution is 6.18. The summed E-state index contributed by atoms with van der Waals surface area (Å²) in [5.74, 6) is -0.799. The number of carbonyl (C=O) groups excluding carboxylic acids is 2. The molecule has 0 saturated carbocycles. The van der Waals surface area contributed by atoms with Crippen LogP contribution in [-0.2, 0) is 9.59 Å². The summed E-state index contributed by atoms with van der Waals surface area (Å²) < 4.78 is 0. The predicted octanol–water partition coefficient (Wildman–Crippen LogP) is -0.896. The monoisotopic (exact) mass is 179 g/mol. The van der Waals surface area contributed by atoms with E-state index >= 15 is 0 Å². The minimum atomic E-state index is -0.546. The summed E-state index contributed by atoms with van der Waals surface area (Å²) in [5.41, 5.74) is 5.32. The maximum atomic E-state index is 11.1. The van der Waals surface area contributed by atoms with Gasteiger partial charge in [-0.1, -0.05) is 0 Å². The van der Waals surface area contributed by atoms with Crippen molar-refractivity contribution in [2.24, 2.45) is 5.73 Å². The first-order valence-corrected chi connectivity index (χ1v) is 3.64. The Balaban J connectivity index is 2.63. The first-order valence-electron chi connectivity index (χ1n) is 3.64. The summed E-state index contributed by atoms with van der Waals surface area (Å²) >= 11 is 0. The average Bonchev–Trinajstić information content (AvgIpc) is 2.06. The van der Waals surface area contributed by atoms with Crippen molar-refractivity contribution in [1.29, 1.82) is 5.41 Å². The van der Waals surface area contributed by atoms with E-state index in [1.807, 2.05) is 0 Å². The van der Waals surface area contributed by atoms with Gasteiger partial charge in [-0.05, 0) is 18.2 Å². The van der Waals surface area contributed by atoms with E-state index in [2.05, 4.69) is 5.32 Å². The maximum Gasteiger partial charge on any atom is 0.236 e. The molecule has 0 radical (unpaired) electrons. The Labute approximate surface area is 74.8 Å². The van der Waals surface area contributed by atoms with Gasteiger partial charge in [-0.3, -0.25) is 9.59 Å². The molecular weight excluding hydrogens is 170 g/mol. The van der Waals surface area contributed by atoms with Crippen molar-refractivity contribution in [2.45, 2.75) is 0 Å². The molecule has 0 unspecified atom stereocenters. The molecule has 1 amide bonds. The van der Waals surface area contributed by atoms with Crippen LogP contribution >= 0.6 is 0 Å². The number of nitrogens with one attached hydrogen (secondary N) is 2. The molecule has 5 heteroatoms. The van der Waals surface area contributed by atoms with Gasteiger partial charge in [-0.25, -0.2) is 0 Å². The highest BCUT2D eigenvalue weighted by Crippen LogP contribution is 2.01. The van der Waals surface area contributed by atoms with Crippen LogP contribution in [0, 0.1) is 5.41 Å². The third-order valence-corrected chi connectivity index (χ3v) is 1.43. The largest absolute Gasteiger partial charge is 0.373 e. The van der Waals surface area contributed by atoms with Crippen LogP contribution in [0.2, 0.25) is 0 Å². The molecule has 0 fully saturated rings. The van der Waals surface area contributed by atoms with Crippen LogP contribution in [0.5, 0.6) is 0 Å². The molecule has 0 bridgehead atoms. The van der Waals surface area contributed by atoms with E-state index in [-0.39, 0.29) is 23.7 Å². The van der Waals surface area contributed by atoms with Crippen molar-refractivity contribution in [2.75, 3.05) is 6.54 Å². The van der Waals surface area contributed by atoms with Crippen LogP contribution in [0.25, 0.3) is 0 Å². The molecule has 0 aliphatic heterocycles. The van der Waals surface area contributed by atoms with Gasteiger partial charge in [0.15, 0.2) is 0 Å². The lowest BCUT2D eigenvalue weighted by Crippen LogP contribution is -2.31. The number of hydrogen-bond donors (Lipinski definition) is 3. The van der Waals surface area contributed by atoms with Crippen LogP contribution < -0.4 is 11.1 Å². The molecule has 0 heterocycles. The highest BCUT2D eigenvalue weighted by atomic mass is 16.1. The maximum absolute atomic E-state index is 11.1. The molecule has 1 aliphatic carbocycles. The summed E-state index contributed by atoms with van der Waals surface area (Å²) in [7, 11) is 0. The second-order valence-electron chi connectivity index (χ2n) is 2.53. The fourth-order valence-electron chi connectivity index (χ4n) is 0.850. The quantitative estimate of drug-likeness (QED) is 0.490. The number of ketones is 1. The molecule has 0 aromatic heterocycles. The van der Waals surface area contributed by atoms with E-state index in [9.17, 15) is 9.59 Å². The van der Waals surface area contributed by atoms with Crippen molar-refractivity contribution in [3.8, 4) is 0 Å². The first kappa shape index (κ1) is 9.18. The number of hydrogen-bond acceptors (Lipinski definition) is 4. The highest BCUT2D eigenvalue weighted by Gasteiger charge is 2.10. The third kappa shape index (κ3) is 2.55. The van der Waals surface area contributed by atoms with Crippen LogP contribution in [-0.4, -0.2) is 23.9 Å². The molecule has 0 aromatic rings. The fourth-order valence-corrected chi connectivity index (χ4v) is 0.850. The van der Waals surface area contributed by atoms with Crippen LogP contribution in [0.15, 0.2) is 23.9 Å². The Morgan fingerprint density at radius 1 is 1.54 bits per heavy atom. The van der Waals surface area contributed by atoms with E-state index in [0.717, 1.165) is 0 Å². The van der Waals surface area contributed by atoms with Crippen molar-refractivity contribution in [1.82, 2.24) is 5.32 Å². The molecule has 0 atom stereocenters. The number of amides is 1. The Bertz CT molecular complexity index is 328. The van der Waals surface area contributed by atoms with Crippen LogP contribution in [0.4, 0.5) is 0 Å². The number of nitrogens with two attached hydrogens (primary N) is 1. The lowest BCUT2D eigenvalue weighted by molar-refractivity contribution is -0.117. The molecule has 0 saturated heterocycles. The van der Waals surface area contributed by atoms with Gasteiger partial charge in [-0.2, -0.15) is 0 Å². The van der Waals surface area contributed by atoms with Gasteiger partial charge in [-0.15, -0.1) is 0 Å². The Morgan fingerprint density at radius 2 is 2.23 bits per heavy atom. The Hall–Kier alpha value is -1.91. The smallest absolute Gasteiger partial charge is 0.236 e. The summed E-state index contributed by atoms with van der Waals surface area (Å²) in [5, 5.41) is 9.77. The van der Waals surface area contributed by atoms with Crippen LogP contribution in [0.3, 0.4) is 0 Å². The van der Waals surface area contributed by atoms with E-state index < -0.39 is 5.91 Å². The van der Waals surface area contributed by atoms with Crippen molar-refractivity contribution >= 4 is 17.4 Å². The molecule has 1 aliphatic rings. The van der Waals surface area contributed by atoms with Crippen LogP contribution in [0.1, 0.15) is 0 Å².